The Labute approximate surface area is 108 Å². The maximum atomic E-state index is 11.1. The normalized spacial score (nSPS) is 10.1. The average Bonchev–Trinajstić information content (AvgIpc) is 2.88. The van der Waals surface area contributed by atoms with Gasteiger partial charge in [0.15, 0.2) is 0 Å². The van der Waals surface area contributed by atoms with Crippen LogP contribution in [0.1, 0.15) is 5.01 Å². The fourth-order valence-corrected chi connectivity index (χ4v) is 2.15. The molecule has 0 amide bonds. The first-order valence-corrected chi connectivity index (χ1v) is 6.17. The molecule has 2 rings (SSSR count). The molecular weight excluding hydrogens is 252 g/mol. The van der Waals surface area contributed by atoms with Crippen LogP contribution in [0.4, 0.5) is 17.1 Å². The number of aromatic nitrogens is 1. The molecule has 2 N–H and O–H groups in total. The largest absolute Gasteiger partial charge is 0.382 e. The predicted molar refractivity (Wildman–Crippen MR) is 72.1 cm³/mol. The summed E-state index contributed by atoms with van der Waals surface area (Å²) in [6, 6.07) is 5.13. The van der Waals surface area contributed by atoms with Crippen LogP contribution in [0, 0.1) is 10.1 Å². The number of thiazole rings is 1. The summed E-state index contributed by atoms with van der Waals surface area (Å²) in [4.78, 5) is 14.8. The summed E-state index contributed by atoms with van der Waals surface area (Å²) in [7, 11) is 1.66. The van der Waals surface area contributed by atoms with Crippen molar-refractivity contribution in [2.45, 2.75) is 6.54 Å². The van der Waals surface area contributed by atoms with Gasteiger partial charge in [0.05, 0.1) is 11.5 Å². The summed E-state index contributed by atoms with van der Waals surface area (Å²) >= 11 is 1.51. The Balaban J connectivity index is 2.24. The molecule has 0 aliphatic heterocycles. The first-order chi connectivity index (χ1) is 8.72. The van der Waals surface area contributed by atoms with Crippen LogP contribution in [0.2, 0.25) is 0 Å². The lowest BCUT2D eigenvalue weighted by Crippen LogP contribution is -2.04. The molecule has 0 bridgehead atoms. The Hall–Kier alpha value is -2.15. The van der Waals surface area contributed by atoms with Crippen molar-refractivity contribution in [2.24, 2.45) is 0 Å². The zero-order valence-corrected chi connectivity index (χ0v) is 10.5. The summed E-state index contributed by atoms with van der Waals surface area (Å²) < 4.78 is 0. The van der Waals surface area contributed by atoms with Crippen molar-refractivity contribution < 1.29 is 4.92 Å². The van der Waals surface area contributed by atoms with Gasteiger partial charge in [0.1, 0.15) is 16.4 Å². The van der Waals surface area contributed by atoms with Crippen molar-refractivity contribution in [3.8, 4) is 0 Å². The smallest absolute Gasteiger partial charge is 0.315 e. The number of anilines is 2. The van der Waals surface area contributed by atoms with Crippen molar-refractivity contribution in [1.82, 2.24) is 4.98 Å². The van der Waals surface area contributed by atoms with Gasteiger partial charge in [0, 0.05) is 18.6 Å². The van der Waals surface area contributed by atoms with Crippen LogP contribution < -0.4 is 10.6 Å². The Morgan fingerprint density at radius 2 is 2.22 bits per heavy atom. The van der Waals surface area contributed by atoms with Gasteiger partial charge in [-0.15, -0.1) is 11.3 Å². The summed E-state index contributed by atoms with van der Waals surface area (Å²) in [5.74, 6) is 0. The van der Waals surface area contributed by atoms with Crippen molar-refractivity contribution in [2.75, 3.05) is 17.7 Å². The lowest BCUT2D eigenvalue weighted by atomic mass is 10.2. The van der Waals surface area contributed by atoms with E-state index in [2.05, 4.69) is 15.6 Å². The lowest BCUT2D eigenvalue weighted by molar-refractivity contribution is -0.383. The molecule has 0 atom stereocenters. The number of nitrogens with zero attached hydrogens (tertiary/aromatic N) is 2. The monoisotopic (exact) mass is 264 g/mol. The number of hydrogen-bond acceptors (Lipinski definition) is 6. The second-order valence-corrected chi connectivity index (χ2v) is 4.47. The molecule has 0 unspecified atom stereocenters. The van der Waals surface area contributed by atoms with Crippen molar-refractivity contribution in [1.29, 1.82) is 0 Å². The third-order valence-corrected chi connectivity index (χ3v) is 3.18. The van der Waals surface area contributed by atoms with E-state index in [0.717, 1.165) is 5.01 Å². The minimum absolute atomic E-state index is 0.0524. The van der Waals surface area contributed by atoms with E-state index in [4.69, 9.17) is 0 Å². The highest BCUT2D eigenvalue weighted by Crippen LogP contribution is 2.32. The van der Waals surface area contributed by atoms with Gasteiger partial charge in [0.25, 0.3) is 0 Å². The molecule has 7 heteroatoms. The Bertz CT molecular complexity index is 542. The molecule has 18 heavy (non-hydrogen) atoms. The molecule has 0 fully saturated rings. The third kappa shape index (κ3) is 2.57. The molecule has 2 aromatic rings. The lowest BCUT2D eigenvalue weighted by Gasteiger charge is -2.08. The number of hydrogen-bond donors (Lipinski definition) is 2. The maximum absolute atomic E-state index is 11.1. The van der Waals surface area contributed by atoms with Crippen LogP contribution in [0.5, 0.6) is 0 Å². The number of nitro groups is 1. The minimum Gasteiger partial charge on any atom is -0.382 e. The molecule has 0 aliphatic carbocycles. The van der Waals surface area contributed by atoms with Crippen molar-refractivity contribution in [3.63, 3.8) is 0 Å². The average molecular weight is 264 g/mol. The van der Waals surface area contributed by atoms with Gasteiger partial charge in [-0.05, 0) is 12.1 Å². The van der Waals surface area contributed by atoms with E-state index in [1.165, 1.54) is 11.3 Å². The van der Waals surface area contributed by atoms with Gasteiger partial charge in [-0.1, -0.05) is 6.07 Å². The summed E-state index contributed by atoms with van der Waals surface area (Å²) in [5, 5.41) is 19.7. The first-order valence-electron chi connectivity index (χ1n) is 5.29. The van der Waals surface area contributed by atoms with Crippen LogP contribution >= 0.6 is 11.3 Å². The van der Waals surface area contributed by atoms with Gasteiger partial charge in [-0.2, -0.15) is 0 Å². The fourth-order valence-electron chi connectivity index (χ4n) is 1.60. The van der Waals surface area contributed by atoms with Gasteiger partial charge < -0.3 is 10.6 Å². The van der Waals surface area contributed by atoms with E-state index in [9.17, 15) is 10.1 Å². The van der Waals surface area contributed by atoms with Gasteiger partial charge >= 0.3 is 5.69 Å². The molecule has 1 aromatic heterocycles. The van der Waals surface area contributed by atoms with E-state index in [-0.39, 0.29) is 5.69 Å². The molecule has 1 aromatic carbocycles. The van der Waals surface area contributed by atoms with E-state index < -0.39 is 4.92 Å². The molecule has 94 valence electrons. The quantitative estimate of drug-likeness (QED) is 0.641. The second kappa shape index (κ2) is 5.46. The predicted octanol–water partition coefficient (Wildman–Crippen LogP) is 2.71. The van der Waals surface area contributed by atoms with E-state index in [0.29, 0.717) is 17.9 Å². The molecule has 1 heterocycles. The summed E-state index contributed by atoms with van der Waals surface area (Å²) in [5.41, 5.74) is 1.03. The van der Waals surface area contributed by atoms with E-state index in [1.807, 2.05) is 5.38 Å². The SMILES string of the molecule is CNc1cccc(NCc2nccs2)c1[N+](=O)[O-]. The van der Waals surface area contributed by atoms with Crippen LogP contribution in [-0.4, -0.2) is 17.0 Å². The highest BCUT2D eigenvalue weighted by Gasteiger charge is 2.18. The van der Waals surface area contributed by atoms with Crippen molar-refractivity contribution >= 4 is 28.4 Å². The van der Waals surface area contributed by atoms with Gasteiger partial charge in [-0.3, -0.25) is 10.1 Å². The van der Waals surface area contributed by atoms with Crippen molar-refractivity contribution in [3.05, 3.63) is 44.9 Å². The highest BCUT2D eigenvalue weighted by molar-refractivity contribution is 7.09. The fraction of sp³-hybridized carbons (Fsp3) is 0.182. The summed E-state index contributed by atoms with van der Waals surface area (Å²) in [6.45, 7) is 0.478. The molecular formula is C11H12N4O2S. The number of benzene rings is 1. The number of rotatable bonds is 5. The number of nitrogens with one attached hydrogen (secondary N) is 2. The highest BCUT2D eigenvalue weighted by atomic mass is 32.1. The molecule has 0 aliphatic rings. The zero-order chi connectivity index (χ0) is 13.0. The van der Waals surface area contributed by atoms with E-state index in [1.54, 1.807) is 31.4 Å². The maximum Gasteiger partial charge on any atom is 0.315 e. The molecule has 6 nitrogen and oxygen atoms in total. The van der Waals surface area contributed by atoms with Gasteiger partial charge in [0.2, 0.25) is 0 Å². The topological polar surface area (TPSA) is 80.1 Å². The Morgan fingerprint density at radius 3 is 2.83 bits per heavy atom. The molecule has 0 saturated carbocycles. The third-order valence-electron chi connectivity index (χ3n) is 2.40. The molecule has 0 radical (unpaired) electrons. The number of para-hydroxylation sites is 1. The Kier molecular flexibility index (Phi) is 3.73. The van der Waals surface area contributed by atoms with Gasteiger partial charge in [-0.25, -0.2) is 4.98 Å². The van der Waals surface area contributed by atoms with Crippen LogP contribution in [0.15, 0.2) is 29.8 Å². The summed E-state index contributed by atoms with van der Waals surface area (Å²) in [6.07, 6.45) is 1.71. The second-order valence-electron chi connectivity index (χ2n) is 3.49. The number of nitro benzene ring substituents is 1. The first kappa shape index (κ1) is 12.3. The minimum atomic E-state index is -0.393. The van der Waals surface area contributed by atoms with Crippen LogP contribution in [-0.2, 0) is 6.54 Å². The zero-order valence-electron chi connectivity index (χ0n) is 9.71. The molecule has 0 saturated heterocycles. The van der Waals surface area contributed by atoms with Crippen LogP contribution in [0.25, 0.3) is 0 Å². The van der Waals surface area contributed by atoms with Crippen LogP contribution in [0.3, 0.4) is 0 Å². The molecule has 0 spiro atoms. The Morgan fingerprint density at radius 1 is 1.44 bits per heavy atom. The van der Waals surface area contributed by atoms with E-state index >= 15 is 0 Å². The standard InChI is InChI=1S/C11H12N4O2S/c1-12-8-3-2-4-9(11(8)15(16)17)14-7-10-13-5-6-18-10/h2-6,12,14H,7H2,1H3.